The lowest BCUT2D eigenvalue weighted by molar-refractivity contribution is 0.597. The third-order valence-corrected chi connectivity index (χ3v) is 4.86. The lowest BCUT2D eigenvalue weighted by Gasteiger charge is -2.13. The van der Waals surface area contributed by atoms with Gasteiger partial charge in [0.05, 0.1) is 17.6 Å². The first-order valence-electron chi connectivity index (χ1n) is 7.32. The lowest BCUT2D eigenvalue weighted by Crippen LogP contribution is -2.18. The maximum absolute atomic E-state index is 11.8. The van der Waals surface area contributed by atoms with Crippen molar-refractivity contribution in [2.24, 2.45) is 0 Å². The van der Waals surface area contributed by atoms with E-state index < -0.39 is 10.0 Å². The molecule has 0 bridgehead atoms. The molecular formula is C14H23N3O2S. The molecule has 1 fully saturated rings. The van der Waals surface area contributed by atoms with Crippen LogP contribution in [-0.2, 0) is 10.0 Å². The monoisotopic (exact) mass is 297 g/mol. The van der Waals surface area contributed by atoms with Gasteiger partial charge in [-0.3, -0.25) is 4.72 Å². The summed E-state index contributed by atoms with van der Waals surface area (Å²) in [7, 11) is -3.26. The Kier molecular flexibility index (Phi) is 5.23. The second-order valence-corrected chi connectivity index (χ2v) is 7.17. The molecule has 1 heterocycles. The van der Waals surface area contributed by atoms with Crippen molar-refractivity contribution in [3.05, 3.63) is 18.3 Å². The highest BCUT2D eigenvalue weighted by Gasteiger charge is 2.15. The summed E-state index contributed by atoms with van der Waals surface area (Å²) in [6.07, 6.45) is 8.17. The second kappa shape index (κ2) is 6.92. The molecular weight excluding hydrogens is 274 g/mol. The van der Waals surface area contributed by atoms with Crippen LogP contribution in [0.15, 0.2) is 18.3 Å². The normalized spacial score (nSPS) is 16.2. The first-order valence-corrected chi connectivity index (χ1v) is 8.97. The number of aromatic nitrogens is 1. The van der Waals surface area contributed by atoms with Crippen LogP contribution in [0.3, 0.4) is 0 Å². The minimum atomic E-state index is -3.26. The van der Waals surface area contributed by atoms with Crippen LogP contribution in [-0.4, -0.2) is 25.2 Å². The number of pyridine rings is 1. The van der Waals surface area contributed by atoms with Gasteiger partial charge in [0.2, 0.25) is 10.0 Å². The van der Waals surface area contributed by atoms with Gasteiger partial charge in [-0.2, -0.15) is 0 Å². The molecule has 1 aliphatic rings. The molecule has 20 heavy (non-hydrogen) atoms. The Bertz CT molecular complexity index is 508. The topological polar surface area (TPSA) is 71.1 Å². The predicted molar refractivity (Wildman–Crippen MR) is 82.4 cm³/mol. The number of hydrogen-bond acceptors (Lipinski definition) is 4. The number of unbranched alkanes of at least 4 members (excludes halogenated alkanes) is 1. The van der Waals surface area contributed by atoms with E-state index in [0.717, 1.165) is 12.1 Å². The van der Waals surface area contributed by atoms with Crippen molar-refractivity contribution in [2.75, 3.05) is 15.8 Å². The molecule has 5 nitrogen and oxygen atoms in total. The highest BCUT2D eigenvalue weighted by atomic mass is 32.2. The molecule has 0 radical (unpaired) electrons. The van der Waals surface area contributed by atoms with E-state index >= 15 is 0 Å². The second-order valence-electron chi connectivity index (χ2n) is 5.33. The summed E-state index contributed by atoms with van der Waals surface area (Å²) in [6, 6.07) is 4.12. The SMILES string of the molecule is CCCCS(=O)(=O)Nc1ccc(NC2CCCC2)cn1. The van der Waals surface area contributed by atoms with Crippen LogP contribution in [0.25, 0.3) is 0 Å². The van der Waals surface area contributed by atoms with Crippen LogP contribution in [0.1, 0.15) is 45.4 Å². The summed E-state index contributed by atoms with van der Waals surface area (Å²) in [4.78, 5) is 4.16. The van der Waals surface area contributed by atoms with Gasteiger partial charge in [-0.1, -0.05) is 26.2 Å². The number of nitrogens with zero attached hydrogens (tertiary/aromatic N) is 1. The quantitative estimate of drug-likeness (QED) is 0.811. The van der Waals surface area contributed by atoms with E-state index in [-0.39, 0.29) is 5.75 Å². The van der Waals surface area contributed by atoms with Crippen molar-refractivity contribution in [1.82, 2.24) is 4.98 Å². The first-order chi connectivity index (χ1) is 9.59. The van der Waals surface area contributed by atoms with Gasteiger partial charge in [0.15, 0.2) is 0 Å². The number of hydrogen-bond donors (Lipinski definition) is 2. The maximum atomic E-state index is 11.8. The third-order valence-electron chi connectivity index (χ3n) is 3.52. The number of sulfonamides is 1. The van der Waals surface area contributed by atoms with Crippen LogP contribution in [0, 0.1) is 0 Å². The zero-order valence-corrected chi connectivity index (χ0v) is 12.7. The molecule has 0 aliphatic heterocycles. The van der Waals surface area contributed by atoms with Crippen LogP contribution in [0.4, 0.5) is 11.5 Å². The first kappa shape index (κ1) is 15.1. The summed E-state index contributed by atoms with van der Waals surface area (Å²) in [6.45, 7) is 1.97. The van der Waals surface area contributed by atoms with Crippen molar-refractivity contribution in [3.8, 4) is 0 Å². The minimum absolute atomic E-state index is 0.146. The standard InChI is InChI=1S/C14H23N3O2S/c1-2-3-10-20(18,19)17-14-9-8-13(11-15-14)16-12-6-4-5-7-12/h8-9,11-12,16H,2-7,10H2,1H3,(H,15,17). The van der Waals surface area contributed by atoms with E-state index in [1.807, 2.05) is 13.0 Å². The molecule has 2 rings (SSSR count). The van der Waals surface area contributed by atoms with Gasteiger partial charge in [0.25, 0.3) is 0 Å². The molecule has 0 amide bonds. The summed E-state index contributed by atoms with van der Waals surface area (Å²) in [5.41, 5.74) is 0.952. The van der Waals surface area contributed by atoms with Crippen LogP contribution in [0.2, 0.25) is 0 Å². The Balaban J connectivity index is 1.90. The molecule has 1 saturated carbocycles. The third kappa shape index (κ3) is 4.67. The van der Waals surface area contributed by atoms with Gasteiger partial charge in [0, 0.05) is 6.04 Å². The molecule has 1 aromatic rings. The van der Waals surface area contributed by atoms with Gasteiger partial charge in [0.1, 0.15) is 5.82 Å². The molecule has 1 aliphatic carbocycles. The van der Waals surface area contributed by atoms with E-state index in [2.05, 4.69) is 15.0 Å². The van der Waals surface area contributed by atoms with E-state index in [9.17, 15) is 8.42 Å². The summed E-state index contributed by atoms with van der Waals surface area (Å²) < 4.78 is 26.0. The Labute approximate surface area is 121 Å². The van der Waals surface area contributed by atoms with Crippen molar-refractivity contribution >= 4 is 21.5 Å². The fourth-order valence-corrected chi connectivity index (χ4v) is 3.60. The van der Waals surface area contributed by atoms with Crippen LogP contribution < -0.4 is 10.0 Å². The molecule has 0 saturated heterocycles. The highest BCUT2D eigenvalue weighted by molar-refractivity contribution is 7.92. The van der Waals surface area contributed by atoms with Crippen molar-refractivity contribution in [1.29, 1.82) is 0 Å². The highest BCUT2D eigenvalue weighted by Crippen LogP contribution is 2.22. The summed E-state index contributed by atoms with van der Waals surface area (Å²) >= 11 is 0. The van der Waals surface area contributed by atoms with Crippen molar-refractivity contribution < 1.29 is 8.42 Å². The Morgan fingerprint density at radius 3 is 2.65 bits per heavy atom. The number of rotatable bonds is 7. The summed E-state index contributed by atoms with van der Waals surface area (Å²) in [5, 5.41) is 3.43. The van der Waals surface area contributed by atoms with Gasteiger partial charge >= 0.3 is 0 Å². The van der Waals surface area contributed by atoms with E-state index in [1.54, 1.807) is 12.3 Å². The van der Waals surface area contributed by atoms with Gasteiger partial charge < -0.3 is 5.32 Å². The molecule has 112 valence electrons. The van der Waals surface area contributed by atoms with Gasteiger partial charge in [-0.15, -0.1) is 0 Å². The smallest absolute Gasteiger partial charge is 0.233 e. The van der Waals surface area contributed by atoms with Crippen molar-refractivity contribution in [2.45, 2.75) is 51.5 Å². The molecule has 0 aromatic carbocycles. The van der Waals surface area contributed by atoms with Gasteiger partial charge in [-0.25, -0.2) is 13.4 Å². The van der Waals surface area contributed by atoms with Crippen LogP contribution >= 0.6 is 0 Å². The molecule has 0 atom stereocenters. The number of anilines is 2. The van der Waals surface area contributed by atoms with E-state index in [1.165, 1.54) is 25.7 Å². The average Bonchev–Trinajstić information content (AvgIpc) is 2.91. The van der Waals surface area contributed by atoms with E-state index in [4.69, 9.17) is 0 Å². The lowest BCUT2D eigenvalue weighted by atomic mass is 10.2. The fourth-order valence-electron chi connectivity index (χ4n) is 2.39. The zero-order chi connectivity index (χ0) is 14.4. The maximum Gasteiger partial charge on any atom is 0.233 e. The molecule has 2 N–H and O–H groups in total. The Morgan fingerprint density at radius 2 is 2.05 bits per heavy atom. The molecule has 0 unspecified atom stereocenters. The fraction of sp³-hybridized carbons (Fsp3) is 0.643. The molecule has 1 aromatic heterocycles. The minimum Gasteiger partial charge on any atom is -0.381 e. The predicted octanol–water partition coefficient (Wildman–Crippen LogP) is 2.98. The molecule has 0 spiro atoms. The summed E-state index contributed by atoms with van der Waals surface area (Å²) in [5.74, 6) is 0.533. The Hall–Kier alpha value is -1.30. The van der Waals surface area contributed by atoms with Crippen molar-refractivity contribution in [3.63, 3.8) is 0 Å². The van der Waals surface area contributed by atoms with E-state index in [0.29, 0.717) is 18.3 Å². The Morgan fingerprint density at radius 1 is 1.30 bits per heavy atom. The van der Waals surface area contributed by atoms with Crippen LogP contribution in [0.5, 0.6) is 0 Å². The largest absolute Gasteiger partial charge is 0.381 e. The zero-order valence-electron chi connectivity index (χ0n) is 11.9. The average molecular weight is 297 g/mol. The molecule has 6 heteroatoms. The van der Waals surface area contributed by atoms with Gasteiger partial charge in [-0.05, 0) is 31.4 Å². The number of nitrogens with one attached hydrogen (secondary N) is 2.